The molecular weight excluding hydrogens is 587 g/mol. The molecule has 1 atom stereocenters. The average molecular weight is 622 g/mol. The van der Waals surface area contributed by atoms with Crippen molar-refractivity contribution in [1.29, 1.82) is 0 Å². The number of amides is 1. The summed E-state index contributed by atoms with van der Waals surface area (Å²) in [5, 5.41) is 5.04. The molecule has 11 heteroatoms. The zero-order valence-electron chi connectivity index (χ0n) is 23.8. The van der Waals surface area contributed by atoms with Crippen molar-refractivity contribution in [1.82, 2.24) is 14.3 Å². The summed E-state index contributed by atoms with van der Waals surface area (Å²) in [6.07, 6.45) is 8.85. The molecule has 0 saturated carbocycles. The Kier molecular flexibility index (Phi) is 12.2. The first-order chi connectivity index (χ1) is 19.7. The Labute approximate surface area is 256 Å². The summed E-state index contributed by atoms with van der Waals surface area (Å²) in [5.74, 6) is 3.40. The van der Waals surface area contributed by atoms with Gasteiger partial charge < -0.3 is 14.4 Å². The second-order valence-corrected chi connectivity index (χ2v) is 10.7. The van der Waals surface area contributed by atoms with Crippen LogP contribution in [0.3, 0.4) is 0 Å². The second-order valence-electron chi connectivity index (χ2n) is 9.58. The number of anilines is 1. The van der Waals surface area contributed by atoms with Gasteiger partial charge in [0.1, 0.15) is 24.1 Å². The van der Waals surface area contributed by atoms with E-state index in [0.29, 0.717) is 34.6 Å². The number of hydrogen-bond acceptors (Lipinski definition) is 5. The highest BCUT2D eigenvalue weighted by atomic mass is 35.5. The smallest absolute Gasteiger partial charge is 0.350 e. The largest absolute Gasteiger partial charge is 0.479 e. The number of carbonyl (C=O) groups excluding carboxylic acids is 1. The summed E-state index contributed by atoms with van der Waals surface area (Å²) in [5.41, 5.74) is 3.44. The SMILES string of the molecule is C#CCOc1cc(-n2nc3n(c2=O)CCCC3)c(Cl)cc1Cl.CCc1cccc(C)c1N(C(=O)CCl)C(C)COC. The highest BCUT2D eigenvalue weighted by Gasteiger charge is 2.25. The molecule has 0 saturated heterocycles. The van der Waals surface area contributed by atoms with Gasteiger partial charge in [-0.05, 0) is 50.3 Å². The molecule has 2 heterocycles. The van der Waals surface area contributed by atoms with Crippen molar-refractivity contribution in [2.45, 2.75) is 59.0 Å². The topological polar surface area (TPSA) is 78.6 Å². The molecule has 0 N–H and O–H groups in total. The lowest BCUT2D eigenvalue weighted by molar-refractivity contribution is -0.116. The van der Waals surface area contributed by atoms with E-state index in [1.165, 1.54) is 10.7 Å². The number of rotatable bonds is 9. The molecule has 0 aliphatic carbocycles. The van der Waals surface area contributed by atoms with Crippen LogP contribution in [-0.2, 0) is 28.9 Å². The van der Waals surface area contributed by atoms with Gasteiger partial charge in [-0.25, -0.2) is 4.79 Å². The normalized spacial score (nSPS) is 12.9. The minimum Gasteiger partial charge on any atom is -0.479 e. The van der Waals surface area contributed by atoms with Crippen LogP contribution in [0.2, 0.25) is 10.0 Å². The monoisotopic (exact) mass is 620 g/mol. The quantitative estimate of drug-likeness (QED) is 0.221. The zero-order chi connectivity index (χ0) is 30.1. The molecule has 220 valence electrons. The Morgan fingerprint density at radius 2 is 2.00 bits per heavy atom. The number of para-hydroxylation sites is 1. The summed E-state index contributed by atoms with van der Waals surface area (Å²) in [4.78, 5) is 26.4. The maximum atomic E-state index is 12.5. The lowest BCUT2D eigenvalue weighted by Gasteiger charge is -2.31. The predicted molar refractivity (Wildman–Crippen MR) is 165 cm³/mol. The molecule has 1 amide bonds. The molecule has 2 aromatic carbocycles. The number of methoxy groups -OCH3 is 1. The summed E-state index contributed by atoms with van der Waals surface area (Å²) in [7, 11) is 1.64. The summed E-state index contributed by atoms with van der Waals surface area (Å²) >= 11 is 18.0. The Morgan fingerprint density at radius 3 is 2.63 bits per heavy atom. The standard InChI is InChI=1S/C15H13Cl2N3O2.C15H22ClNO2/c1-2-7-22-13-9-12(10(16)8-11(13)17)20-15(21)19-6-4-3-5-14(19)18-20;1-5-13-8-6-7-11(2)15(13)17(14(18)9-16)12(3)10-19-4/h1,8-9H,3-7H2;6-8,12H,5,9-10H2,1-4H3. The van der Waals surface area contributed by atoms with Crippen molar-refractivity contribution < 1.29 is 14.3 Å². The third kappa shape index (κ3) is 7.66. The van der Waals surface area contributed by atoms with Crippen LogP contribution in [0.25, 0.3) is 5.69 Å². The molecular formula is C30H35Cl3N4O4. The molecule has 4 rings (SSSR count). The van der Waals surface area contributed by atoms with Gasteiger partial charge in [0.25, 0.3) is 0 Å². The fourth-order valence-corrected chi connectivity index (χ4v) is 5.43. The van der Waals surface area contributed by atoms with Crippen molar-refractivity contribution in [3.05, 3.63) is 67.8 Å². The van der Waals surface area contributed by atoms with Crippen LogP contribution in [0.4, 0.5) is 5.69 Å². The lowest BCUT2D eigenvalue weighted by atomic mass is 10.0. The van der Waals surface area contributed by atoms with E-state index in [9.17, 15) is 9.59 Å². The van der Waals surface area contributed by atoms with Gasteiger partial charge in [-0.15, -0.1) is 23.1 Å². The van der Waals surface area contributed by atoms with E-state index in [1.807, 2.05) is 26.0 Å². The number of carbonyl (C=O) groups is 1. The molecule has 1 aliphatic rings. The van der Waals surface area contributed by atoms with Crippen LogP contribution < -0.4 is 15.3 Å². The average Bonchev–Trinajstić information content (AvgIpc) is 3.30. The van der Waals surface area contributed by atoms with E-state index in [1.54, 1.807) is 22.6 Å². The van der Waals surface area contributed by atoms with E-state index < -0.39 is 0 Å². The molecule has 1 unspecified atom stereocenters. The van der Waals surface area contributed by atoms with Gasteiger partial charge in [-0.1, -0.05) is 54.2 Å². The van der Waals surface area contributed by atoms with Gasteiger partial charge in [0, 0.05) is 26.1 Å². The Morgan fingerprint density at radius 1 is 1.24 bits per heavy atom. The minimum atomic E-state index is -0.207. The van der Waals surface area contributed by atoms with Gasteiger partial charge in [0.15, 0.2) is 0 Å². The van der Waals surface area contributed by atoms with Gasteiger partial charge in [0.05, 0.1) is 34.1 Å². The number of aryl methyl sites for hydroxylation is 3. The van der Waals surface area contributed by atoms with Crippen molar-refractivity contribution >= 4 is 46.4 Å². The predicted octanol–water partition coefficient (Wildman–Crippen LogP) is 5.85. The third-order valence-corrected chi connectivity index (χ3v) is 7.51. The summed E-state index contributed by atoms with van der Waals surface area (Å²) in [6, 6.07) is 9.15. The van der Waals surface area contributed by atoms with Crippen LogP contribution in [0.5, 0.6) is 5.75 Å². The highest BCUT2D eigenvalue weighted by Crippen LogP contribution is 2.33. The highest BCUT2D eigenvalue weighted by molar-refractivity contribution is 6.36. The number of nitrogens with zero attached hydrogens (tertiary/aromatic N) is 4. The second kappa shape index (κ2) is 15.3. The number of hydrogen-bond donors (Lipinski definition) is 0. The van der Waals surface area contributed by atoms with Gasteiger partial charge in [-0.2, -0.15) is 4.68 Å². The van der Waals surface area contributed by atoms with Gasteiger partial charge in [-0.3, -0.25) is 9.36 Å². The number of aromatic nitrogens is 3. The summed E-state index contributed by atoms with van der Waals surface area (Å²) < 4.78 is 13.5. The first kappa shape index (κ1) is 32.6. The Bertz CT molecular complexity index is 1460. The number of halogens is 3. The van der Waals surface area contributed by atoms with Crippen LogP contribution in [-0.4, -0.2) is 52.5 Å². The van der Waals surface area contributed by atoms with Gasteiger partial charge >= 0.3 is 5.69 Å². The minimum absolute atomic E-state index is 0.0223. The van der Waals surface area contributed by atoms with Gasteiger partial charge in [0.2, 0.25) is 5.91 Å². The van der Waals surface area contributed by atoms with E-state index in [-0.39, 0.29) is 30.1 Å². The van der Waals surface area contributed by atoms with Crippen LogP contribution in [0.15, 0.2) is 35.1 Å². The zero-order valence-corrected chi connectivity index (χ0v) is 26.0. The van der Waals surface area contributed by atoms with Crippen molar-refractivity contribution in [3.63, 3.8) is 0 Å². The number of alkyl halides is 1. The van der Waals surface area contributed by atoms with Crippen LogP contribution in [0.1, 0.15) is 43.6 Å². The lowest BCUT2D eigenvalue weighted by Crippen LogP contribution is -2.43. The maximum absolute atomic E-state index is 12.5. The van der Waals surface area contributed by atoms with Crippen molar-refractivity contribution in [2.75, 3.05) is 31.1 Å². The van der Waals surface area contributed by atoms with Crippen molar-refractivity contribution in [3.8, 4) is 23.8 Å². The molecule has 3 aromatic rings. The first-order valence-electron chi connectivity index (χ1n) is 13.4. The number of benzene rings is 2. The van der Waals surface area contributed by atoms with E-state index in [4.69, 9.17) is 50.7 Å². The summed E-state index contributed by atoms with van der Waals surface area (Å²) in [6.45, 7) is 7.32. The molecule has 41 heavy (non-hydrogen) atoms. The fourth-order valence-electron chi connectivity index (χ4n) is 4.79. The van der Waals surface area contributed by atoms with Crippen molar-refractivity contribution in [2.24, 2.45) is 0 Å². The molecule has 1 aliphatic heterocycles. The molecule has 8 nitrogen and oxygen atoms in total. The molecule has 0 radical (unpaired) electrons. The maximum Gasteiger partial charge on any atom is 0.350 e. The first-order valence-corrected chi connectivity index (χ1v) is 14.7. The fraction of sp³-hybridized carbons (Fsp3) is 0.433. The van der Waals surface area contributed by atoms with E-state index in [2.05, 4.69) is 24.0 Å². The number of fused-ring (bicyclic) bond motifs is 1. The van der Waals surface area contributed by atoms with E-state index >= 15 is 0 Å². The van der Waals surface area contributed by atoms with Crippen LogP contribution >= 0.6 is 34.8 Å². The molecule has 0 bridgehead atoms. The molecule has 0 fully saturated rings. The molecule has 0 spiro atoms. The Hall–Kier alpha value is -2.96. The van der Waals surface area contributed by atoms with E-state index in [0.717, 1.165) is 48.3 Å². The third-order valence-electron chi connectivity index (χ3n) is 6.69. The molecule has 1 aromatic heterocycles. The number of terminal acetylenes is 1. The van der Waals surface area contributed by atoms with Crippen LogP contribution in [0, 0.1) is 19.3 Å². The number of ether oxygens (including phenoxy) is 2. The Balaban J connectivity index is 0.000000229.